The first-order valence-corrected chi connectivity index (χ1v) is 7.24. The van der Waals surface area contributed by atoms with Gasteiger partial charge in [0.1, 0.15) is 5.82 Å². The number of carbonyl (C=O) groups is 1. The van der Waals surface area contributed by atoms with Gasteiger partial charge in [0.25, 0.3) is 0 Å². The lowest BCUT2D eigenvalue weighted by Gasteiger charge is -2.33. The highest BCUT2D eigenvalue weighted by atomic mass is 19.1. The SMILES string of the molecule is CCN(CC(=O)c1ccccc1F)C1CCCCC1. The van der Waals surface area contributed by atoms with Crippen LogP contribution >= 0.6 is 0 Å². The average Bonchev–Trinajstić information content (AvgIpc) is 2.46. The highest BCUT2D eigenvalue weighted by Crippen LogP contribution is 2.22. The second-order valence-corrected chi connectivity index (χ2v) is 5.26. The third-order valence-corrected chi connectivity index (χ3v) is 4.02. The molecule has 0 aliphatic heterocycles. The lowest BCUT2D eigenvalue weighted by atomic mass is 9.94. The van der Waals surface area contributed by atoms with Crippen molar-refractivity contribution in [1.29, 1.82) is 0 Å². The molecular formula is C16H22FNO. The lowest BCUT2D eigenvalue weighted by Crippen LogP contribution is -2.40. The van der Waals surface area contributed by atoms with Crippen LogP contribution < -0.4 is 0 Å². The van der Waals surface area contributed by atoms with E-state index in [0.717, 1.165) is 6.54 Å². The van der Waals surface area contributed by atoms with Gasteiger partial charge in [0.05, 0.1) is 12.1 Å². The summed E-state index contributed by atoms with van der Waals surface area (Å²) in [5.41, 5.74) is 0.219. The van der Waals surface area contributed by atoms with Gasteiger partial charge in [-0.25, -0.2) is 4.39 Å². The van der Waals surface area contributed by atoms with Crippen LogP contribution in [0.1, 0.15) is 49.4 Å². The smallest absolute Gasteiger partial charge is 0.179 e. The molecule has 3 heteroatoms. The number of halogens is 1. The topological polar surface area (TPSA) is 20.3 Å². The Balaban J connectivity index is 2.01. The molecule has 0 bridgehead atoms. The molecule has 0 radical (unpaired) electrons. The van der Waals surface area contributed by atoms with E-state index in [1.165, 1.54) is 38.2 Å². The van der Waals surface area contributed by atoms with Crippen molar-refractivity contribution >= 4 is 5.78 Å². The van der Waals surface area contributed by atoms with E-state index in [4.69, 9.17) is 0 Å². The van der Waals surface area contributed by atoms with Crippen molar-refractivity contribution in [3.05, 3.63) is 35.6 Å². The number of rotatable bonds is 5. The van der Waals surface area contributed by atoms with Crippen LogP contribution in [-0.4, -0.2) is 29.8 Å². The van der Waals surface area contributed by atoms with E-state index in [1.807, 2.05) is 0 Å². The minimum atomic E-state index is -0.410. The van der Waals surface area contributed by atoms with Crippen LogP contribution in [-0.2, 0) is 0 Å². The predicted molar refractivity (Wildman–Crippen MR) is 74.9 cm³/mol. The molecule has 0 atom stereocenters. The van der Waals surface area contributed by atoms with E-state index < -0.39 is 5.82 Å². The molecule has 1 saturated carbocycles. The van der Waals surface area contributed by atoms with Crippen LogP contribution in [0.2, 0.25) is 0 Å². The Hall–Kier alpha value is -1.22. The molecule has 0 N–H and O–H groups in total. The number of likely N-dealkylation sites (N-methyl/N-ethyl adjacent to an activating group) is 1. The summed E-state index contributed by atoms with van der Waals surface area (Å²) in [5.74, 6) is -0.516. The van der Waals surface area contributed by atoms with Gasteiger partial charge in [-0.15, -0.1) is 0 Å². The summed E-state index contributed by atoms with van der Waals surface area (Å²) < 4.78 is 13.6. The molecule has 19 heavy (non-hydrogen) atoms. The van der Waals surface area contributed by atoms with Gasteiger partial charge in [-0.2, -0.15) is 0 Å². The zero-order valence-corrected chi connectivity index (χ0v) is 11.6. The third-order valence-electron chi connectivity index (χ3n) is 4.02. The number of nitrogens with zero attached hydrogens (tertiary/aromatic N) is 1. The molecule has 1 aromatic rings. The highest BCUT2D eigenvalue weighted by molar-refractivity contribution is 5.97. The molecule has 0 spiro atoms. The summed E-state index contributed by atoms with van der Waals surface area (Å²) in [6.07, 6.45) is 6.12. The van der Waals surface area contributed by atoms with Gasteiger partial charge in [-0.3, -0.25) is 9.69 Å². The number of hydrogen-bond donors (Lipinski definition) is 0. The number of benzene rings is 1. The van der Waals surface area contributed by atoms with Crippen molar-refractivity contribution in [2.75, 3.05) is 13.1 Å². The molecule has 0 aromatic heterocycles. The van der Waals surface area contributed by atoms with Gasteiger partial charge in [0.2, 0.25) is 0 Å². The molecule has 2 nitrogen and oxygen atoms in total. The Morgan fingerprint density at radius 3 is 2.58 bits per heavy atom. The first-order chi connectivity index (χ1) is 9.22. The maximum Gasteiger partial charge on any atom is 0.179 e. The zero-order valence-electron chi connectivity index (χ0n) is 11.6. The number of Topliss-reactive ketones (excluding diaryl/α,β-unsaturated/α-hetero) is 1. The molecule has 0 saturated heterocycles. The predicted octanol–water partition coefficient (Wildman–Crippen LogP) is 3.66. The molecule has 0 amide bonds. The minimum absolute atomic E-state index is 0.106. The fraction of sp³-hybridized carbons (Fsp3) is 0.562. The molecule has 1 aromatic carbocycles. The highest BCUT2D eigenvalue weighted by Gasteiger charge is 2.23. The summed E-state index contributed by atoms with van der Waals surface area (Å²) in [7, 11) is 0. The van der Waals surface area contributed by atoms with Crippen molar-refractivity contribution in [3.8, 4) is 0 Å². The molecule has 1 aliphatic rings. The van der Waals surface area contributed by atoms with Crippen LogP contribution in [0, 0.1) is 5.82 Å². The first-order valence-electron chi connectivity index (χ1n) is 7.24. The average molecular weight is 263 g/mol. The van der Waals surface area contributed by atoms with Gasteiger partial charge in [-0.1, -0.05) is 38.3 Å². The fourth-order valence-electron chi connectivity index (χ4n) is 2.90. The van der Waals surface area contributed by atoms with E-state index in [0.29, 0.717) is 12.6 Å². The van der Waals surface area contributed by atoms with Crippen LogP contribution in [0.15, 0.2) is 24.3 Å². The Morgan fingerprint density at radius 2 is 1.95 bits per heavy atom. The van der Waals surface area contributed by atoms with Crippen LogP contribution in [0.3, 0.4) is 0 Å². The van der Waals surface area contributed by atoms with E-state index >= 15 is 0 Å². The van der Waals surface area contributed by atoms with Gasteiger partial charge in [0, 0.05) is 6.04 Å². The van der Waals surface area contributed by atoms with E-state index in [2.05, 4.69) is 11.8 Å². The lowest BCUT2D eigenvalue weighted by molar-refractivity contribution is 0.0864. The fourth-order valence-corrected chi connectivity index (χ4v) is 2.90. The molecule has 1 fully saturated rings. The van der Waals surface area contributed by atoms with Crippen LogP contribution in [0.25, 0.3) is 0 Å². The van der Waals surface area contributed by atoms with Gasteiger partial charge < -0.3 is 0 Å². The van der Waals surface area contributed by atoms with Gasteiger partial charge in [0.15, 0.2) is 5.78 Å². The van der Waals surface area contributed by atoms with Crippen LogP contribution in [0.4, 0.5) is 4.39 Å². The summed E-state index contributed by atoms with van der Waals surface area (Å²) in [6.45, 7) is 3.26. The van der Waals surface area contributed by atoms with Gasteiger partial charge in [-0.05, 0) is 31.5 Å². The van der Waals surface area contributed by atoms with Gasteiger partial charge >= 0.3 is 0 Å². The third kappa shape index (κ3) is 3.63. The molecule has 2 rings (SSSR count). The summed E-state index contributed by atoms with van der Waals surface area (Å²) in [6, 6.07) is 6.75. The number of hydrogen-bond acceptors (Lipinski definition) is 2. The minimum Gasteiger partial charge on any atom is -0.293 e. The zero-order chi connectivity index (χ0) is 13.7. The van der Waals surface area contributed by atoms with Crippen molar-refractivity contribution in [2.45, 2.75) is 45.1 Å². The Kier molecular flexibility index (Phi) is 5.08. The monoisotopic (exact) mass is 263 g/mol. The standard InChI is InChI=1S/C16H22FNO/c1-2-18(13-8-4-3-5-9-13)12-16(19)14-10-6-7-11-15(14)17/h6-7,10-11,13H,2-5,8-9,12H2,1H3. The molecule has 0 unspecified atom stereocenters. The number of ketones is 1. The normalized spacial score (nSPS) is 16.8. The number of carbonyl (C=O) groups excluding carboxylic acids is 1. The van der Waals surface area contributed by atoms with Crippen molar-refractivity contribution in [2.24, 2.45) is 0 Å². The summed E-state index contributed by atoms with van der Waals surface area (Å²) >= 11 is 0. The summed E-state index contributed by atoms with van der Waals surface area (Å²) in [5, 5.41) is 0. The molecule has 1 aliphatic carbocycles. The maximum atomic E-state index is 13.6. The maximum absolute atomic E-state index is 13.6. The molecular weight excluding hydrogens is 241 g/mol. The Bertz CT molecular complexity index is 427. The van der Waals surface area contributed by atoms with Crippen LogP contribution in [0.5, 0.6) is 0 Å². The van der Waals surface area contributed by atoms with E-state index in [1.54, 1.807) is 18.2 Å². The quantitative estimate of drug-likeness (QED) is 0.756. The second kappa shape index (κ2) is 6.80. The largest absolute Gasteiger partial charge is 0.293 e. The van der Waals surface area contributed by atoms with E-state index in [-0.39, 0.29) is 11.3 Å². The molecule has 104 valence electrons. The second-order valence-electron chi connectivity index (χ2n) is 5.26. The van der Waals surface area contributed by atoms with Crippen molar-refractivity contribution in [1.82, 2.24) is 4.90 Å². The first kappa shape index (κ1) is 14.2. The Labute approximate surface area is 114 Å². The summed E-state index contributed by atoms with van der Waals surface area (Å²) in [4.78, 5) is 14.4. The Morgan fingerprint density at radius 1 is 1.26 bits per heavy atom. The molecule has 0 heterocycles. The van der Waals surface area contributed by atoms with Crippen molar-refractivity contribution < 1.29 is 9.18 Å². The van der Waals surface area contributed by atoms with E-state index in [9.17, 15) is 9.18 Å². The van der Waals surface area contributed by atoms with Crippen molar-refractivity contribution in [3.63, 3.8) is 0 Å².